The third kappa shape index (κ3) is 7.14. The monoisotopic (exact) mass is 479 g/mol. The first-order chi connectivity index (χ1) is 12.8. The van der Waals surface area contributed by atoms with Gasteiger partial charge in [-0.1, -0.05) is 60.7 Å². The second-order valence-corrected chi connectivity index (χ2v) is 6.81. The SMILES string of the molecule is CN=C(NCCc1ccccc1)N1CCC(COCc2ccccc2)C1.I. The van der Waals surface area contributed by atoms with Crippen LogP contribution in [0.3, 0.4) is 0 Å². The lowest BCUT2D eigenvalue weighted by Gasteiger charge is -2.21. The smallest absolute Gasteiger partial charge is 0.193 e. The van der Waals surface area contributed by atoms with Crippen LogP contribution in [-0.2, 0) is 17.8 Å². The number of guanidine groups is 1. The second kappa shape index (κ2) is 12.0. The molecule has 4 nitrogen and oxygen atoms in total. The Labute approximate surface area is 180 Å². The highest BCUT2D eigenvalue weighted by Gasteiger charge is 2.24. The van der Waals surface area contributed by atoms with Crippen molar-refractivity contribution in [3.63, 3.8) is 0 Å². The van der Waals surface area contributed by atoms with Gasteiger partial charge >= 0.3 is 0 Å². The molecule has 5 heteroatoms. The van der Waals surface area contributed by atoms with Crippen LogP contribution in [0.15, 0.2) is 65.7 Å². The van der Waals surface area contributed by atoms with E-state index in [1.54, 1.807) is 0 Å². The van der Waals surface area contributed by atoms with Crippen LogP contribution in [0.25, 0.3) is 0 Å². The molecule has 27 heavy (non-hydrogen) atoms. The lowest BCUT2D eigenvalue weighted by atomic mass is 10.1. The van der Waals surface area contributed by atoms with Crippen molar-refractivity contribution in [2.75, 3.05) is 33.3 Å². The Morgan fingerprint density at radius 1 is 1.07 bits per heavy atom. The number of halogens is 1. The molecule has 1 heterocycles. The summed E-state index contributed by atoms with van der Waals surface area (Å²) in [6, 6.07) is 20.9. The Morgan fingerprint density at radius 2 is 1.74 bits per heavy atom. The Bertz CT molecular complexity index is 678. The van der Waals surface area contributed by atoms with Gasteiger partial charge in [-0.25, -0.2) is 0 Å². The van der Waals surface area contributed by atoms with E-state index in [1.807, 2.05) is 13.1 Å². The van der Waals surface area contributed by atoms with Gasteiger partial charge in [-0.3, -0.25) is 4.99 Å². The molecule has 2 aromatic carbocycles. The van der Waals surface area contributed by atoms with Crippen LogP contribution < -0.4 is 5.32 Å². The van der Waals surface area contributed by atoms with Crippen LogP contribution in [0.1, 0.15) is 17.5 Å². The Kier molecular flexibility index (Phi) is 9.62. The van der Waals surface area contributed by atoms with E-state index in [-0.39, 0.29) is 24.0 Å². The summed E-state index contributed by atoms with van der Waals surface area (Å²) >= 11 is 0. The van der Waals surface area contributed by atoms with Crippen molar-refractivity contribution >= 4 is 29.9 Å². The minimum atomic E-state index is 0. The number of benzene rings is 2. The van der Waals surface area contributed by atoms with E-state index in [1.165, 1.54) is 11.1 Å². The van der Waals surface area contributed by atoms with Gasteiger partial charge in [0.25, 0.3) is 0 Å². The minimum Gasteiger partial charge on any atom is -0.376 e. The predicted octanol–water partition coefficient (Wildman–Crippen LogP) is 3.96. The van der Waals surface area contributed by atoms with Crippen molar-refractivity contribution in [2.24, 2.45) is 10.9 Å². The van der Waals surface area contributed by atoms with Crippen LogP contribution >= 0.6 is 24.0 Å². The molecule has 0 bridgehead atoms. The molecule has 1 N–H and O–H groups in total. The summed E-state index contributed by atoms with van der Waals surface area (Å²) in [7, 11) is 1.87. The molecule has 0 saturated carbocycles. The molecule has 2 aromatic rings. The van der Waals surface area contributed by atoms with Crippen LogP contribution in [0.4, 0.5) is 0 Å². The second-order valence-electron chi connectivity index (χ2n) is 6.81. The first kappa shape index (κ1) is 21.7. The zero-order valence-corrected chi connectivity index (χ0v) is 18.3. The van der Waals surface area contributed by atoms with Crippen LogP contribution in [0.2, 0.25) is 0 Å². The van der Waals surface area contributed by atoms with Gasteiger partial charge in [-0.2, -0.15) is 0 Å². The minimum absolute atomic E-state index is 0. The normalized spacial score (nSPS) is 16.9. The predicted molar refractivity (Wildman–Crippen MR) is 123 cm³/mol. The van der Waals surface area contributed by atoms with Crippen molar-refractivity contribution < 1.29 is 4.74 Å². The summed E-state index contributed by atoms with van der Waals surface area (Å²) in [6.07, 6.45) is 2.17. The fourth-order valence-corrected chi connectivity index (χ4v) is 3.37. The molecule has 1 saturated heterocycles. The number of likely N-dealkylation sites (tertiary alicyclic amines) is 1. The number of hydrogen-bond acceptors (Lipinski definition) is 2. The van der Waals surface area contributed by atoms with Crippen molar-refractivity contribution in [3.8, 4) is 0 Å². The summed E-state index contributed by atoms with van der Waals surface area (Å²) in [4.78, 5) is 6.80. The number of nitrogens with zero attached hydrogens (tertiary/aromatic N) is 2. The van der Waals surface area contributed by atoms with E-state index in [0.717, 1.165) is 45.0 Å². The van der Waals surface area contributed by atoms with E-state index >= 15 is 0 Å². The molecule has 3 rings (SSSR count). The molecule has 0 radical (unpaired) electrons. The molecule has 0 aromatic heterocycles. The fourth-order valence-electron chi connectivity index (χ4n) is 3.37. The lowest BCUT2D eigenvalue weighted by Crippen LogP contribution is -2.41. The maximum absolute atomic E-state index is 5.92. The average Bonchev–Trinajstić information content (AvgIpc) is 3.16. The van der Waals surface area contributed by atoms with Crippen LogP contribution in [0, 0.1) is 5.92 Å². The van der Waals surface area contributed by atoms with Crippen molar-refractivity contribution in [2.45, 2.75) is 19.4 Å². The Hall–Kier alpha value is -1.60. The van der Waals surface area contributed by atoms with Gasteiger partial charge in [0.05, 0.1) is 13.2 Å². The van der Waals surface area contributed by atoms with Crippen LogP contribution in [0.5, 0.6) is 0 Å². The zero-order chi connectivity index (χ0) is 18.0. The molecule has 1 aliphatic heterocycles. The van der Waals surface area contributed by atoms with Gasteiger partial charge in [-0.15, -0.1) is 24.0 Å². The highest BCUT2D eigenvalue weighted by Crippen LogP contribution is 2.17. The zero-order valence-electron chi connectivity index (χ0n) is 16.0. The van der Waals surface area contributed by atoms with Crippen molar-refractivity contribution in [3.05, 3.63) is 71.8 Å². The summed E-state index contributed by atoms with van der Waals surface area (Å²) in [5, 5.41) is 3.50. The van der Waals surface area contributed by atoms with E-state index in [2.05, 4.69) is 69.8 Å². The molecule has 0 spiro atoms. The largest absolute Gasteiger partial charge is 0.376 e. The molecule has 146 valence electrons. The highest BCUT2D eigenvalue weighted by atomic mass is 127. The Balaban J connectivity index is 0.00000261. The molecular formula is C22H30IN3O. The van der Waals surface area contributed by atoms with E-state index in [0.29, 0.717) is 12.5 Å². The first-order valence-electron chi connectivity index (χ1n) is 9.46. The lowest BCUT2D eigenvalue weighted by molar-refractivity contribution is 0.0907. The van der Waals surface area contributed by atoms with Gasteiger partial charge in [-0.05, 0) is 24.0 Å². The van der Waals surface area contributed by atoms with Crippen molar-refractivity contribution in [1.29, 1.82) is 0 Å². The van der Waals surface area contributed by atoms with Gasteiger partial charge in [0.1, 0.15) is 0 Å². The average molecular weight is 479 g/mol. The van der Waals surface area contributed by atoms with Gasteiger partial charge < -0.3 is 15.0 Å². The highest BCUT2D eigenvalue weighted by molar-refractivity contribution is 14.0. The third-order valence-corrected chi connectivity index (χ3v) is 4.80. The maximum Gasteiger partial charge on any atom is 0.193 e. The number of hydrogen-bond donors (Lipinski definition) is 1. The quantitative estimate of drug-likeness (QED) is 0.371. The van der Waals surface area contributed by atoms with Gasteiger partial charge in [0.15, 0.2) is 5.96 Å². The summed E-state index contributed by atoms with van der Waals surface area (Å²) < 4.78 is 5.92. The van der Waals surface area contributed by atoms with E-state index in [4.69, 9.17) is 4.74 Å². The molecule has 0 aliphatic carbocycles. The number of rotatable bonds is 7. The molecule has 1 aliphatic rings. The molecular weight excluding hydrogens is 449 g/mol. The molecule has 1 atom stereocenters. The summed E-state index contributed by atoms with van der Waals surface area (Å²) in [6.45, 7) is 4.47. The summed E-state index contributed by atoms with van der Waals surface area (Å²) in [5.74, 6) is 1.58. The Morgan fingerprint density at radius 3 is 2.41 bits per heavy atom. The topological polar surface area (TPSA) is 36.9 Å². The van der Waals surface area contributed by atoms with E-state index in [9.17, 15) is 0 Å². The molecule has 1 unspecified atom stereocenters. The van der Waals surface area contributed by atoms with E-state index < -0.39 is 0 Å². The first-order valence-corrected chi connectivity index (χ1v) is 9.46. The van der Waals surface area contributed by atoms with Gasteiger partial charge in [0.2, 0.25) is 0 Å². The number of aliphatic imine (C=N–C) groups is 1. The van der Waals surface area contributed by atoms with Gasteiger partial charge in [0, 0.05) is 32.6 Å². The number of nitrogens with one attached hydrogen (secondary N) is 1. The van der Waals surface area contributed by atoms with Crippen LogP contribution in [-0.4, -0.2) is 44.1 Å². The fraction of sp³-hybridized carbons (Fsp3) is 0.409. The third-order valence-electron chi connectivity index (χ3n) is 4.80. The van der Waals surface area contributed by atoms with Crippen molar-refractivity contribution in [1.82, 2.24) is 10.2 Å². The molecule has 0 amide bonds. The summed E-state index contributed by atoms with van der Waals surface area (Å²) in [5.41, 5.74) is 2.59. The molecule has 1 fully saturated rings. The standard InChI is InChI=1S/C22H29N3O.HI/c1-23-22(24-14-12-19-8-4-2-5-9-19)25-15-13-21(16-25)18-26-17-20-10-6-3-7-11-20;/h2-11,21H,12-18H2,1H3,(H,23,24);1H. The maximum atomic E-state index is 5.92. The number of ether oxygens (including phenoxy) is 1.